The lowest BCUT2D eigenvalue weighted by Crippen LogP contribution is -2.38. The van der Waals surface area contributed by atoms with Gasteiger partial charge in [-0.15, -0.1) is 0 Å². The standard InChI is InChI=1S/C21H36N4O/c1-4-22-21(23-13-9-15-26-3)24-16-19-11-5-6-12-20(19)17-25-14-8-7-10-18(25)2/h5-6,11-12,18H,4,7-10,13-17H2,1-3H3,(H2,22,23,24). The number of nitrogens with zero attached hydrogens (tertiary/aromatic N) is 2. The van der Waals surface area contributed by atoms with Gasteiger partial charge in [-0.1, -0.05) is 30.7 Å². The van der Waals surface area contributed by atoms with E-state index in [4.69, 9.17) is 9.73 Å². The second-order valence-electron chi connectivity index (χ2n) is 7.05. The van der Waals surface area contributed by atoms with Crippen molar-refractivity contribution >= 4 is 5.96 Å². The first-order chi connectivity index (χ1) is 12.7. The molecule has 1 fully saturated rings. The molecule has 0 radical (unpaired) electrons. The van der Waals surface area contributed by atoms with Crippen LogP contribution in [-0.4, -0.2) is 50.3 Å². The highest BCUT2D eigenvalue weighted by Crippen LogP contribution is 2.21. The summed E-state index contributed by atoms with van der Waals surface area (Å²) in [6.45, 7) is 9.90. The molecule has 0 spiro atoms. The summed E-state index contributed by atoms with van der Waals surface area (Å²) in [6.07, 6.45) is 4.98. The van der Waals surface area contributed by atoms with Crippen LogP contribution in [0.4, 0.5) is 0 Å². The van der Waals surface area contributed by atoms with Crippen LogP contribution in [0.5, 0.6) is 0 Å². The molecular weight excluding hydrogens is 324 g/mol. The fourth-order valence-electron chi connectivity index (χ4n) is 3.41. The maximum Gasteiger partial charge on any atom is 0.191 e. The van der Waals surface area contributed by atoms with Gasteiger partial charge in [-0.05, 0) is 50.8 Å². The van der Waals surface area contributed by atoms with E-state index in [2.05, 4.69) is 53.6 Å². The van der Waals surface area contributed by atoms with Gasteiger partial charge in [0.15, 0.2) is 5.96 Å². The van der Waals surface area contributed by atoms with E-state index in [1.165, 1.54) is 36.9 Å². The molecule has 1 aliphatic rings. The number of rotatable bonds is 9. The Morgan fingerprint density at radius 1 is 1.23 bits per heavy atom. The molecule has 5 heteroatoms. The number of hydrogen-bond acceptors (Lipinski definition) is 3. The molecule has 1 atom stereocenters. The summed E-state index contributed by atoms with van der Waals surface area (Å²) < 4.78 is 5.10. The lowest BCUT2D eigenvalue weighted by molar-refractivity contribution is 0.152. The summed E-state index contributed by atoms with van der Waals surface area (Å²) in [5.41, 5.74) is 2.72. The molecule has 0 aromatic heterocycles. The second kappa shape index (κ2) is 11.9. The van der Waals surface area contributed by atoms with Crippen LogP contribution in [0, 0.1) is 0 Å². The quantitative estimate of drug-likeness (QED) is 0.403. The summed E-state index contributed by atoms with van der Waals surface area (Å²) in [4.78, 5) is 7.40. The Labute approximate surface area is 159 Å². The van der Waals surface area contributed by atoms with Crippen LogP contribution in [0.1, 0.15) is 50.7 Å². The monoisotopic (exact) mass is 360 g/mol. The fourth-order valence-corrected chi connectivity index (χ4v) is 3.41. The van der Waals surface area contributed by atoms with Crippen molar-refractivity contribution in [3.05, 3.63) is 35.4 Å². The van der Waals surface area contributed by atoms with E-state index in [1.54, 1.807) is 7.11 Å². The topological polar surface area (TPSA) is 48.9 Å². The lowest BCUT2D eigenvalue weighted by atomic mass is 10.0. The van der Waals surface area contributed by atoms with Gasteiger partial charge in [0.25, 0.3) is 0 Å². The van der Waals surface area contributed by atoms with Gasteiger partial charge in [-0.3, -0.25) is 4.90 Å². The maximum atomic E-state index is 5.10. The van der Waals surface area contributed by atoms with Crippen LogP contribution in [-0.2, 0) is 17.8 Å². The van der Waals surface area contributed by atoms with E-state index in [0.717, 1.165) is 38.6 Å². The summed E-state index contributed by atoms with van der Waals surface area (Å²) in [5.74, 6) is 0.879. The van der Waals surface area contributed by atoms with Crippen LogP contribution in [0.25, 0.3) is 0 Å². The number of methoxy groups -OCH3 is 1. The van der Waals surface area contributed by atoms with Gasteiger partial charge in [0.1, 0.15) is 0 Å². The predicted octanol–water partition coefficient (Wildman–Crippen LogP) is 3.15. The summed E-state index contributed by atoms with van der Waals surface area (Å²) >= 11 is 0. The second-order valence-corrected chi connectivity index (χ2v) is 7.05. The van der Waals surface area contributed by atoms with Gasteiger partial charge in [0.2, 0.25) is 0 Å². The number of nitrogens with one attached hydrogen (secondary N) is 2. The molecule has 1 aromatic carbocycles. The predicted molar refractivity (Wildman–Crippen MR) is 109 cm³/mol. The molecule has 1 unspecified atom stereocenters. The number of hydrogen-bond donors (Lipinski definition) is 2. The van der Waals surface area contributed by atoms with Gasteiger partial charge >= 0.3 is 0 Å². The number of likely N-dealkylation sites (tertiary alicyclic amines) is 1. The zero-order chi connectivity index (χ0) is 18.6. The van der Waals surface area contributed by atoms with Crippen molar-refractivity contribution in [1.82, 2.24) is 15.5 Å². The molecule has 0 aliphatic carbocycles. The molecule has 1 saturated heterocycles. The summed E-state index contributed by atoms with van der Waals surface area (Å²) in [5, 5.41) is 6.71. The van der Waals surface area contributed by atoms with Gasteiger partial charge in [0, 0.05) is 39.4 Å². The molecule has 2 N–H and O–H groups in total. The van der Waals surface area contributed by atoms with Crippen LogP contribution >= 0.6 is 0 Å². The number of ether oxygens (including phenoxy) is 1. The molecule has 0 amide bonds. The minimum atomic E-state index is 0.681. The third-order valence-electron chi connectivity index (χ3n) is 5.00. The molecular formula is C21H36N4O. The molecule has 26 heavy (non-hydrogen) atoms. The Balaban J connectivity index is 1.98. The average Bonchev–Trinajstić information content (AvgIpc) is 2.66. The molecule has 1 heterocycles. The van der Waals surface area contributed by atoms with E-state index < -0.39 is 0 Å². The molecule has 146 valence electrons. The molecule has 0 saturated carbocycles. The lowest BCUT2D eigenvalue weighted by Gasteiger charge is -2.33. The third kappa shape index (κ3) is 6.96. The Morgan fingerprint density at radius 3 is 2.77 bits per heavy atom. The summed E-state index contributed by atoms with van der Waals surface area (Å²) in [6, 6.07) is 9.41. The highest BCUT2D eigenvalue weighted by Gasteiger charge is 2.19. The van der Waals surface area contributed by atoms with Gasteiger partial charge < -0.3 is 15.4 Å². The Kier molecular flexibility index (Phi) is 9.50. The first-order valence-corrected chi connectivity index (χ1v) is 10.1. The first kappa shape index (κ1) is 20.7. The van der Waals surface area contributed by atoms with Crippen molar-refractivity contribution in [2.75, 3.05) is 33.4 Å². The Hall–Kier alpha value is -1.59. The van der Waals surface area contributed by atoms with Crippen LogP contribution < -0.4 is 10.6 Å². The van der Waals surface area contributed by atoms with Crippen molar-refractivity contribution < 1.29 is 4.74 Å². The normalized spacial score (nSPS) is 18.7. The van der Waals surface area contributed by atoms with Crippen LogP contribution in [0.2, 0.25) is 0 Å². The van der Waals surface area contributed by atoms with Crippen molar-refractivity contribution in [3.8, 4) is 0 Å². The third-order valence-corrected chi connectivity index (χ3v) is 5.00. The van der Waals surface area contributed by atoms with E-state index in [0.29, 0.717) is 12.6 Å². The van der Waals surface area contributed by atoms with Crippen molar-refractivity contribution in [1.29, 1.82) is 0 Å². The minimum absolute atomic E-state index is 0.681. The van der Waals surface area contributed by atoms with Crippen molar-refractivity contribution in [2.45, 2.75) is 58.7 Å². The van der Waals surface area contributed by atoms with Gasteiger partial charge in [-0.2, -0.15) is 0 Å². The largest absolute Gasteiger partial charge is 0.385 e. The number of benzene rings is 1. The highest BCUT2D eigenvalue weighted by molar-refractivity contribution is 5.79. The van der Waals surface area contributed by atoms with Crippen molar-refractivity contribution in [2.24, 2.45) is 4.99 Å². The zero-order valence-corrected chi connectivity index (χ0v) is 16.8. The molecule has 0 bridgehead atoms. The number of piperidine rings is 1. The first-order valence-electron chi connectivity index (χ1n) is 10.1. The average molecular weight is 361 g/mol. The fraction of sp³-hybridized carbons (Fsp3) is 0.667. The van der Waals surface area contributed by atoms with E-state index in [-0.39, 0.29) is 0 Å². The minimum Gasteiger partial charge on any atom is -0.385 e. The van der Waals surface area contributed by atoms with Crippen molar-refractivity contribution in [3.63, 3.8) is 0 Å². The molecule has 2 rings (SSSR count). The van der Waals surface area contributed by atoms with Crippen LogP contribution in [0.15, 0.2) is 29.3 Å². The molecule has 5 nitrogen and oxygen atoms in total. The van der Waals surface area contributed by atoms with Gasteiger partial charge in [0.05, 0.1) is 6.54 Å². The zero-order valence-electron chi connectivity index (χ0n) is 16.8. The molecule has 1 aromatic rings. The number of guanidine groups is 1. The highest BCUT2D eigenvalue weighted by atomic mass is 16.5. The van der Waals surface area contributed by atoms with Crippen LogP contribution in [0.3, 0.4) is 0 Å². The Morgan fingerprint density at radius 2 is 2.04 bits per heavy atom. The van der Waals surface area contributed by atoms with E-state index in [9.17, 15) is 0 Å². The van der Waals surface area contributed by atoms with E-state index >= 15 is 0 Å². The maximum absolute atomic E-state index is 5.10. The Bertz CT molecular complexity index is 547. The molecule has 1 aliphatic heterocycles. The van der Waals surface area contributed by atoms with E-state index in [1.807, 2.05) is 0 Å². The summed E-state index contributed by atoms with van der Waals surface area (Å²) in [7, 11) is 1.74. The number of aliphatic imine (C=N–C) groups is 1. The SMILES string of the molecule is CCNC(=NCc1ccccc1CN1CCCCC1C)NCCCOC. The van der Waals surface area contributed by atoms with Gasteiger partial charge in [-0.25, -0.2) is 4.99 Å². The smallest absolute Gasteiger partial charge is 0.191 e.